The minimum Gasteiger partial charge on any atom is -0.326 e. The Morgan fingerprint density at radius 2 is 2.33 bits per heavy atom. The van der Waals surface area contributed by atoms with Gasteiger partial charge in [0.25, 0.3) is 5.91 Å². The zero-order valence-corrected chi connectivity index (χ0v) is 11.9. The number of hydrogen-bond acceptors (Lipinski definition) is 4. The summed E-state index contributed by atoms with van der Waals surface area (Å²) in [4.78, 5) is 27.8. The number of benzene rings is 1. The molecule has 1 aliphatic rings. The molecule has 1 aromatic heterocycles. The molecular weight excluding hydrogens is 294 g/mol. The number of fused-ring (bicyclic) bond motifs is 1. The van der Waals surface area contributed by atoms with Crippen molar-refractivity contribution in [2.45, 2.75) is 19.4 Å². The predicted octanol–water partition coefficient (Wildman–Crippen LogP) is 1.76. The number of carbonyl (C=O) groups excluding carboxylic acids is 2. The van der Waals surface area contributed by atoms with E-state index < -0.39 is 6.04 Å². The van der Waals surface area contributed by atoms with E-state index in [9.17, 15) is 9.59 Å². The lowest BCUT2D eigenvalue weighted by Gasteiger charge is -2.12. The molecule has 1 unspecified atom stereocenters. The van der Waals surface area contributed by atoms with Gasteiger partial charge in [0.15, 0.2) is 0 Å². The summed E-state index contributed by atoms with van der Waals surface area (Å²) >= 11 is 6.01. The first kappa shape index (κ1) is 13.6. The van der Waals surface area contributed by atoms with E-state index >= 15 is 0 Å². The molecule has 1 aliphatic heterocycles. The molecule has 108 valence electrons. The average Bonchev–Trinajstić information content (AvgIpc) is 2.99. The fourth-order valence-corrected chi connectivity index (χ4v) is 2.35. The molecule has 0 spiro atoms. The molecule has 0 radical (unpaired) electrons. The Morgan fingerprint density at radius 3 is 3.14 bits per heavy atom. The maximum atomic E-state index is 12.1. The van der Waals surface area contributed by atoms with Gasteiger partial charge in [-0.1, -0.05) is 17.7 Å². The predicted molar refractivity (Wildman–Crippen MR) is 77.1 cm³/mol. The lowest BCUT2D eigenvalue weighted by atomic mass is 10.1. The minimum absolute atomic E-state index is 0.0197. The number of nitrogens with zero attached hydrogens (tertiary/aromatic N) is 3. The SMILES string of the molecule is Cc1c(Cl)cccc1NC(=O)CC1C(=O)Nc2ncnn21. The first-order valence-electron chi connectivity index (χ1n) is 6.31. The Hall–Kier alpha value is -2.41. The second kappa shape index (κ2) is 5.17. The summed E-state index contributed by atoms with van der Waals surface area (Å²) in [6, 6.07) is 4.58. The van der Waals surface area contributed by atoms with Crippen molar-refractivity contribution < 1.29 is 9.59 Å². The number of carbonyl (C=O) groups is 2. The fourth-order valence-electron chi connectivity index (χ4n) is 2.17. The molecule has 0 aliphatic carbocycles. The van der Waals surface area contributed by atoms with Crippen molar-refractivity contribution in [3.05, 3.63) is 35.1 Å². The largest absolute Gasteiger partial charge is 0.326 e. The Morgan fingerprint density at radius 1 is 1.52 bits per heavy atom. The molecule has 2 amide bonds. The van der Waals surface area contributed by atoms with Gasteiger partial charge in [0, 0.05) is 10.7 Å². The number of rotatable bonds is 3. The maximum Gasteiger partial charge on any atom is 0.252 e. The van der Waals surface area contributed by atoms with Gasteiger partial charge < -0.3 is 5.32 Å². The van der Waals surface area contributed by atoms with Gasteiger partial charge in [-0.15, -0.1) is 0 Å². The molecule has 1 aromatic carbocycles. The topological polar surface area (TPSA) is 88.9 Å². The lowest BCUT2D eigenvalue weighted by molar-refractivity contribution is -0.123. The number of aromatic nitrogens is 3. The lowest BCUT2D eigenvalue weighted by Crippen LogP contribution is -2.23. The summed E-state index contributed by atoms with van der Waals surface area (Å²) in [7, 11) is 0. The van der Waals surface area contributed by atoms with Gasteiger partial charge >= 0.3 is 0 Å². The standard InChI is InChI=1S/C13H12ClN5O2/c1-7-8(14)3-2-4-9(7)17-11(20)5-10-12(21)18-13-15-6-16-19(10)13/h2-4,6,10H,5H2,1H3,(H,17,20)(H,15,16,18,21). The average molecular weight is 306 g/mol. The van der Waals surface area contributed by atoms with Crippen LogP contribution in [0.15, 0.2) is 24.5 Å². The number of anilines is 2. The van der Waals surface area contributed by atoms with E-state index in [0.29, 0.717) is 16.7 Å². The van der Waals surface area contributed by atoms with Crippen LogP contribution in [0.5, 0.6) is 0 Å². The highest BCUT2D eigenvalue weighted by atomic mass is 35.5. The van der Waals surface area contributed by atoms with Gasteiger partial charge in [0.2, 0.25) is 11.9 Å². The third-order valence-electron chi connectivity index (χ3n) is 3.33. The van der Waals surface area contributed by atoms with Crippen LogP contribution in [0.2, 0.25) is 5.02 Å². The highest BCUT2D eigenvalue weighted by Crippen LogP contribution is 2.26. The number of nitrogens with one attached hydrogen (secondary N) is 2. The molecular formula is C13H12ClN5O2. The van der Waals surface area contributed by atoms with Crippen LogP contribution in [0, 0.1) is 6.92 Å². The van der Waals surface area contributed by atoms with Gasteiger partial charge in [-0.2, -0.15) is 10.1 Å². The molecule has 3 rings (SSSR count). The third kappa shape index (κ3) is 2.47. The van der Waals surface area contributed by atoms with Crippen LogP contribution in [0.4, 0.5) is 11.6 Å². The summed E-state index contributed by atoms with van der Waals surface area (Å²) in [6.07, 6.45) is 1.31. The third-order valence-corrected chi connectivity index (χ3v) is 3.74. The van der Waals surface area contributed by atoms with Crippen LogP contribution in [0.1, 0.15) is 18.0 Å². The molecule has 1 atom stereocenters. The van der Waals surface area contributed by atoms with E-state index in [1.807, 2.05) is 6.92 Å². The Kier molecular flexibility index (Phi) is 3.34. The molecule has 7 nitrogen and oxygen atoms in total. The normalized spacial score (nSPS) is 16.5. The van der Waals surface area contributed by atoms with Crippen molar-refractivity contribution in [3.63, 3.8) is 0 Å². The van der Waals surface area contributed by atoms with E-state index in [1.165, 1.54) is 11.0 Å². The van der Waals surface area contributed by atoms with Gasteiger partial charge in [-0.25, -0.2) is 4.68 Å². The van der Waals surface area contributed by atoms with Crippen LogP contribution in [-0.2, 0) is 9.59 Å². The first-order valence-corrected chi connectivity index (χ1v) is 6.69. The highest BCUT2D eigenvalue weighted by molar-refractivity contribution is 6.31. The Labute approximate surface area is 125 Å². The van der Waals surface area contributed by atoms with Gasteiger partial charge in [0.05, 0.1) is 6.42 Å². The molecule has 0 saturated heterocycles. The molecule has 2 N–H and O–H groups in total. The quantitative estimate of drug-likeness (QED) is 0.904. The first-order chi connectivity index (χ1) is 10.1. The van der Waals surface area contributed by atoms with Gasteiger partial charge in [-0.05, 0) is 24.6 Å². The summed E-state index contributed by atoms with van der Waals surface area (Å²) in [5.74, 6) is -0.218. The zero-order chi connectivity index (χ0) is 15.0. The van der Waals surface area contributed by atoms with E-state index in [2.05, 4.69) is 20.7 Å². The van der Waals surface area contributed by atoms with Crippen LogP contribution < -0.4 is 10.6 Å². The van der Waals surface area contributed by atoms with Crippen molar-refractivity contribution in [3.8, 4) is 0 Å². The fraction of sp³-hybridized carbons (Fsp3) is 0.231. The Balaban J connectivity index is 1.73. The maximum absolute atomic E-state index is 12.1. The van der Waals surface area contributed by atoms with Crippen LogP contribution in [-0.4, -0.2) is 26.6 Å². The Bertz CT molecular complexity index is 727. The van der Waals surface area contributed by atoms with E-state index in [-0.39, 0.29) is 18.2 Å². The minimum atomic E-state index is -0.679. The van der Waals surface area contributed by atoms with Crippen molar-refractivity contribution in [1.29, 1.82) is 0 Å². The van der Waals surface area contributed by atoms with Gasteiger partial charge in [0.1, 0.15) is 12.4 Å². The number of amides is 2. The second-order valence-corrected chi connectivity index (χ2v) is 5.11. The smallest absolute Gasteiger partial charge is 0.252 e. The van der Waals surface area contributed by atoms with Gasteiger partial charge in [-0.3, -0.25) is 14.9 Å². The summed E-state index contributed by atoms with van der Waals surface area (Å²) < 4.78 is 1.41. The molecule has 2 heterocycles. The second-order valence-electron chi connectivity index (χ2n) is 4.70. The molecule has 21 heavy (non-hydrogen) atoms. The zero-order valence-electron chi connectivity index (χ0n) is 11.1. The van der Waals surface area contributed by atoms with Crippen molar-refractivity contribution in [1.82, 2.24) is 14.8 Å². The molecule has 8 heteroatoms. The van der Waals surface area contributed by atoms with Crippen molar-refractivity contribution in [2.24, 2.45) is 0 Å². The van der Waals surface area contributed by atoms with E-state index in [1.54, 1.807) is 18.2 Å². The molecule has 0 fully saturated rings. The highest BCUT2D eigenvalue weighted by Gasteiger charge is 2.33. The van der Waals surface area contributed by atoms with Crippen molar-refractivity contribution >= 4 is 35.1 Å². The summed E-state index contributed by atoms with van der Waals surface area (Å²) in [5.41, 5.74) is 1.41. The van der Waals surface area contributed by atoms with Crippen LogP contribution in [0.25, 0.3) is 0 Å². The van der Waals surface area contributed by atoms with Crippen LogP contribution >= 0.6 is 11.6 Å². The molecule has 0 saturated carbocycles. The summed E-state index contributed by atoms with van der Waals surface area (Å²) in [5, 5.41) is 9.84. The van der Waals surface area contributed by atoms with E-state index in [0.717, 1.165) is 5.56 Å². The number of hydrogen-bond donors (Lipinski definition) is 2. The molecule has 0 bridgehead atoms. The summed E-state index contributed by atoms with van der Waals surface area (Å²) in [6.45, 7) is 1.82. The number of halogens is 1. The van der Waals surface area contributed by atoms with Crippen molar-refractivity contribution in [2.75, 3.05) is 10.6 Å². The van der Waals surface area contributed by atoms with Crippen LogP contribution in [0.3, 0.4) is 0 Å². The monoisotopic (exact) mass is 305 g/mol. The molecule has 2 aromatic rings. The van der Waals surface area contributed by atoms with E-state index in [4.69, 9.17) is 11.6 Å².